The highest BCUT2D eigenvalue weighted by atomic mass is 16.6. The third-order valence-electron chi connectivity index (χ3n) is 5.93. The van der Waals surface area contributed by atoms with Crippen molar-refractivity contribution in [3.63, 3.8) is 0 Å². The predicted octanol–water partition coefficient (Wildman–Crippen LogP) is 3.00. The van der Waals surface area contributed by atoms with E-state index < -0.39 is 17.9 Å². The second-order valence-corrected chi connectivity index (χ2v) is 8.06. The van der Waals surface area contributed by atoms with Crippen molar-refractivity contribution in [2.24, 2.45) is 11.1 Å². The Balaban J connectivity index is 1.76. The van der Waals surface area contributed by atoms with Crippen LogP contribution < -0.4 is 14.8 Å². The quantitative estimate of drug-likeness (QED) is 0.314. The van der Waals surface area contributed by atoms with Crippen molar-refractivity contribution in [3.05, 3.63) is 48.0 Å². The molecule has 9 nitrogen and oxygen atoms in total. The van der Waals surface area contributed by atoms with Gasteiger partial charge in [0.25, 0.3) is 5.91 Å². The van der Waals surface area contributed by atoms with Gasteiger partial charge in [0.1, 0.15) is 30.4 Å². The van der Waals surface area contributed by atoms with Crippen LogP contribution in [0.25, 0.3) is 11.1 Å². The number of esters is 1. The van der Waals surface area contributed by atoms with Crippen molar-refractivity contribution in [3.8, 4) is 22.6 Å². The van der Waals surface area contributed by atoms with Gasteiger partial charge in [-0.05, 0) is 36.1 Å². The first kappa shape index (κ1) is 26.0. The van der Waals surface area contributed by atoms with Gasteiger partial charge in [0.2, 0.25) is 0 Å². The molecule has 3 rings (SSSR count). The van der Waals surface area contributed by atoms with Crippen LogP contribution in [0.3, 0.4) is 0 Å². The zero-order valence-corrected chi connectivity index (χ0v) is 20.5. The van der Waals surface area contributed by atoms with Crippen molar-refractivity contribution in [2.75, 3.05) is 41.7 Å². The summed E-state index contributed by atoms with van der Waals surface area (Å²) in [7, 11) is 5.90. The molecule has 9 heteroatoms. The molecule has 1 aliphatic heterocycles. The zero-order chi connectivity index (χ0) is 25.2. The van der Waals surface area contributed by atoms with E-state index in [0.29, 0.717) is 37.6 Å². The number of methoxy groups -OCH3 is 3. The molecule has 188 valence electrons. The fourth-order valence-electron chi connectivity index (χ4n) is 4.03. The van der Waals surface area contributed by atoms with Gasteiger partial charge in [-0.3, -0.25) is 4.79 Å². The molecule has 1 atom stereocenters. The molecule has 0 radical (unpaired) electrons. The van der Waals surface area contributed by atoms with Gasteiger partial charge in [0.05, 0.1) is 21.3 Å². The molecule has 35 heavy (non-hydrogen) atoms. The van der Waals surface area contributed by atoms with Crippen LogP contribution in [0.5, 0.6) is 11.5 Å². The highest BCUT2D eigenvalue weighted by molar-refractivity contribution is 6.39. The van der Waals surface area contributed by atoms with Gasteiger partial charge in [-0.25, -0.2) is 4.79 Å². The van der Waals surface area contributed by atoms with Crippen molar-refractivity contribution in [1.82, 2.24) is 5.32 Å². The lowest BCUT2D eigenvalue weighted by molar-refractivity contribution is -0.144. The van der Waals surface area contributed by atoms with E-state index in [-0.39, 0.29) is 18.1 Å². The fourth-order valence-corrected chi connectivity index (χ4v) is 4.03. The summed E-state index contributed by atoms with van der Waals surface area (Å²) in [5.74, 6) is 0.309. The molecular weight excluding hydrogens is 452 g/mol. The van der Waals surface area contributed by atoms with Crippen molar-refractivity contribution in [1.29, 1.82) is 0 Å². The predicted molar refractivity (Wildman–Crippen MR) is 131 cm³/mol. The van der Waals surface area contributed by atoms with Crippen LogP contribution in [0.2, 0.25) is 0 Å². The number of amides is 1. The molecule has 0 unspecified atom stereocenters. The summed E-state index contributed by atoms with van der Waals surface area (Å²) >= 11 is 0. The van der Waals surface area contributed by atoms with E-state index in [0.717, 1.165) is 16.7 Å². The van der Waals surface area contributed by atoms with Crippen molar-refractivity contribution >= 4 is 17.6 Å². The Hall–Kier alpha value is -3.59. The second-order valence-electron chi connectivity index (χ2n) is 8.06. The van der Waals surface area contributed by atoms with Gasteiger partial charge in [-0.2, -0.15) is 0 Å². The first-order chi connectivity index (χ1) is 17.0. The van der Waals surface area contributed by atoms with Gasteiger partial charge in [-0.15, -0.1) is 0 Å². The highest BCUT2D eigenvalue weighted by Gasteiger charge is 2.30. The fraction of sp³-hybridized carbons (Fsp3) is 0.423. The minimum atomic E-state index is -0.879. The van der Waals surface area contributed by atoms with E-state index in [1.165, 1.54) is 14.2 Å². The lowest BCUT2D eigenvalue weighted by Gasteiger charge is -2.24. The molecule has 0 aromatic heterocycles. The van der Waals surface area contributed by atoms with Gasteiger partial charge < -0.3 is 29.1 Å². The molecule has 1 amide bonds. The van der Waals surface area contributed by atoms with Crippen LogP contribution >= 0.6 is 0 Å². The normalized spacial score (nSPS) is 15.1. The average molecular weight is 485 g/mol. The molecule has 0 saturated carbocycles. The smallest absolute Gasteiger partial charge is 0.328 e. The molecule has 1 aliphatic rings. The molecular formula is C26H32N2O7. The number of nitrogens with one attached hydrogen (secondary N) is 1. The largest absolute Gasteiger partial charge is 0.497 e. The summed E-state index contributed by atoms with van der Waals surface area (Å²) in [6.07, 6.45) is 1.58. The maximum absolute atomic E-state index is 13.0. The van der Waals surface area contributed by atoms with Crippen LogP contribution in [-0.4, -0.2) is 65.3 Å². The minimum absolute atomic E-state index is 0.0965. The van der Waals surface area contributed by atoms with Gasteiger partial charge in [0.15, 0.2) is 0 Å². The van der Waals surface area contributed by atoms with Gasteiger partial charge in [0, 0.05) is 37.2 Å². The van der Waals surface area contributed by atoms with Crippen LogP contribution in [0.4, 0.5) is 0 Å². The number of benzene rings is 2. The lowest BCUT2D eigenvalue weighted by atomic mass is 9.93. The molecule has 1 N–H and O–H groups in total. The zero-order valence-electron chi connectivity index (χ0n) is 20.5. The summed E-state index contributed by atoms with van der Waals surface area (Å²) in [4.78, 5) is 30.4. The summed E-state index contributed by atoms with van der Waals surface area (Å²) in [6, 6.07) is 12.4. The Morgan fingerprint density at radius 1 is 1.03 bits per heavy atom. The van der Waals surface area contributed by atoms with Crippen molar-refractivity contribution in [2.45, 2.75) is 25.3 Å². The van der Waals surface area contributed by atoms with E-state index in [2.05, 4.69) is 10.5 Å². The molecule has 1 fully saturated rings. The number of ether oxygens (including phenoxy) is 4. The molecule has 0 aliphatic carbocycles. The summed E-state index contributed by atoms with van der Waals surface area (Å²) in [5.41, 5.74) is 2.97. The number of carbonyl (C=O) groups is 2. The number of nitrogens with zero attached hydrogens (tertiary/aromatic N) is 1. The van der Waals surface area contributed by atoms with Crippen molar-refractivity contribution < 1.29 is 33.4 Å². The third kappa shape index (κ3) is 6.73. The summed E-state index contributed by atoms with van der Waals surface area (Å²) in [5, 5.41) is 6.72. The molecule has 1 heterocycles. The van der Waals surface area contributed by atoms with Crippen LogP contribution in [0, 0.1) is 5.92 Å². The van der Waals surface area contributed by atoms with Gasteiger partial charge >= 0.3 is 5.97 Å². The minimum Gasteiger partial charge on any atom is -0.497 e. The Morgan fingerprint density at radius 3 is 2.34 bits per heavy atom. The number of hydrogen-bond donors (Lipinski definition) is 1. The Labute approximate surface area is 205 Å². The van der Waals surface area contributed by atoms with Crippen LogP contribution in [0.15, 0.2) is 47.6 Å². The third-order valence-corrected chi connectivity index (χ3v) is 5.93. The van der Waals surface area contributed by atoms with E-state index in [4.69, 9.17) is 23.8 Å². The Kier molecular flexibility index (Phi) is 9.48. The van der Waals surface area contributed by atoms with Crippen LogP contribution in [-0.2, 0) is 30.3 Å². The first-order valence-electron chi connectivity index (χ1n) is 11.4. The van der Waals surface area contributed by atoms with E-state index in [1.54, 1.807) is 14.2 Å². The highest BCUT2D eigenvalue weighted by Crippen LogP contribution is 2.33. The molecule has 0 spiro atoms. The number of carbonyl (C=O) groups excluding carboxylic acids is 2. The average Bonchev–Trinajstić information content (AvgIpc) is 2.91. The first-order valence-corrected chi connectivity index (χ1v) is 11.4. The summed E-state index contributed by atoms with van der Waals surface area (Å²) in [6.45, 7) is 1.10. The lowest BCUT2D eigenvalue weighted by Crippen LogP contribution is -2.47. The van der Waals surface area contributed by atoms with Gasteiger partial charge in [-0.1, -0.05) is 29.4 Å². The number of rotatable bonds is 10. The SMILES string of the molecule is CON=C(C(=O)N[C@@H](Cc1ccc(-c2ccc(OC)cc2OC)cc1)C(=O)OC)C1CCOCC1. The second kappa shape index (κ2) is 12.8. The Morgan fingerprint density at radius 2 is 1.74 bits per heavy atom. The molecule has 2 aromatic carbocycles. The topological polar surface area (TPSA) is 105 Å². The van der Waals surface area contributed by atoms with E-state index in [1.807, 2.05) is 42.5 Å². The van der Waals surface area contributed by atoms with E-state index in [9.17, 15) is 9.59 Å². The number of oxime groups is 1. The molecule has 1 saturated heterocycles. The molecule has 0 bridgehead atoms. The summed E-state index contributed by atoms with van der Waals surface area (Å²) < 4.78 is 21.1. The maximum Gasteiger partial charge on any atom is 0.328 e. The van der Waals surface area contributed by atoms with E-state index >= 15 is 0 Å². The number of hydrogen-bond acceptors (Lipinski definition) is 8. The standard InChI is InChI=1S/C26H32N2O7/c1-31-20-9-10-21(23(16-20)32-2)18-7-5-17(6-8-18)15-22(26(30)33-3)27-25(29)24(28-34-4)19-11-13-35-14-12-19/h5-10,16,19,22H,11-15H2,1-4H3,(H,27,29)/t22-/m0/s1. The van der Waals surface area contributed by atoms with Crippen LogP contribution in [0.1, 0.15) is 18.4 Å². The molecule has 2 aromatic rings. The monoisotopic (exact) mass is 484 g/mol. The Bertz CT molecular complexity index is 1030. The maximum atomic E-state index is 13.0.